The van der Waals surface area contributed by atoms with Crippen LogP contribution in [-0.4, -0.2) is 38.9 Å². The summed E-state index contributed by atoms with van der Waals surface area (Å²) in [5.41, 5.74) is -2.63. The van der Waals surface area contributed by atoms with E-state index in [9.17, 15) is 15.0 Å². The maximum absolute atomic E-state index is 11.8. The van der Waals surface area contributed by atoms with Gasteiger partial charge >= 0.3 is 5.97 Å². The van der Waals surface area contributed by atoms with Crippen LogP contribution in [-0.2, 0) is 9.53 Å². The summed E-state index contributed by atoms with van der Waals surface area (Å²) in [7, 11) is 0. The van der Waals surface area contributed by atoms with Crippen molar-refractivity contribution in [1.82, 2.24) is 0 Å². The van der Waals surface area contributed by atoms with Crippen LogP contribution in [0.15, 0.2) is 0 Å². The minimum absolute atomic E-state index is 0.0296. The second-order valence-corrected chi connectivity index (χ2v) is 8.35. The smallest absolute Gasteiger partial charge is 0.310 e. The molecule has 2 N–H and O–H groups in total. The van der Waals surface area contributed by atoms with Gasteiger partial charge in [-0.1, -0.05) is 20.8 Å². The predicted octanol–water partition coefficient (Wildman–Crippen LogP) is 2.41. The van der Waals surface area contributed by atoms with E-state index in [0.717, 1.165) is 6.42 Å². The lowest BCUT2D eigenvalue weighted by Crippen LogP contribution is -2.67. The van der Waals surface area contributed by atoms with Crippen molar-refractivity contribution in [3.8, 4) is 0 Å². The predicted molar refractivity (Wildman–Crippen MR) is 74.7 cm³/mol. The van der Waals surface area contributed by atoms with Crippen LogP contribution in [0.2, 0.25) is 0 Å². The fraction of sp³-hybridized carbons (Fsp3) is 0.933. The lowest BCUT2D eigenvalue weighted by molar-refractivity contribution is -0.183. The van der Waals surface area contributed by atoms with Crippen molar-refractivity contribution in [3.63, 3.8) is 0 Å². The van der Waals surface area contributed by atoms with Crippen LogP contribution in [0.25, 0.3) is 0 Å². The Labute approximate surface area is 124 Å². The third-order valence-electron chi connectivity index (χ3n) is 6.33. The number of carboxylic acid groups (broad SMARTS) is 1. The molecule has 2 aliphatic carbocycles. The number of aliphatic hydroxyl groups is 1. The maximum Gasteiger partial charge on any atom is 0.310 e. The first-order valence-electron chi connectivity index (χ1n) is 7.28. The number of hydrogen-bond acceptors (Lipinski definition) is 3. The highest BCUT2D eigenvalue weighted by atomic mass is 35.5. The number of ether oxygens (including phenoxy) is 1. The lowest BCUT2D eigenvalue weighted by Gasteiger charge is -2.58. The van der Waals surface area contributed by atoms with Gasteiger partial charge in [-0.25, -0.2) is 0 Å². The SMILES string of the molecule is CC1(C)[C@@H](Cl)CC[C@]2(C)[C@@H](C(=O)O)[C@](C)(O)C[C@@H]3O[C@]312. The standard InChI is InChI=1S/C15H23ClO4/c1-12(2)8(16)5-6-13(3)10(11(17)18)14(4,19)7-9-15(12,13)20-9/h8-10,19H,5-7H2,1-4H3,(H,17,18)/t8-,9-,10+,13+,14+,15+/m0/s1. The largest absolute Gasteiger partial charge is 0.481 e. The fourth-order valence-electron chi connectivity index (χ4n) is 5.46. The van der Waals surface area contributed by atoms with Crippen LogP contribution in [0, 0.1) is 16.7 Å². The zero-order chi connectivity index (χ0) is 15.1. The summed E-state index contributed by atoms with van der Waals surface area (Å²) in [6, 6.07) is 0. The molecule has 1 heterocycles. The number of halogens is 1. The summed E-state index contributed by atoms with van der Waals surface area (Å²) in [4.78, 5) is 11.8. The molecule has 0 aromatic carbocycles. The van der Waals surface area contributed by atoms with Crippen molar-refractivity contribution in [3.05, 3.63) is 0 Å². The monoisotopic (exact) mass is 302 g/mol. The second-order valence-electron chi connectivity index (χ2n) is 7.82. The number of epoxide rings is 1. The van der Waals surface area contributed by atoms with E-state index in [2.05, 4.69) is 13.8 Å². The molecule has 1 saturated heterocycles. The van der Waals surface area contributed by atoms with E-state index in [0.29, 0.717) is 12.8 Å². The molecule has 3 rings (SSSR count). The number of alkyl halides is 1. The number of carbonyl (C=O) groups is 1. The van der Waals surface area contributed by atoms with Crippen LogP contribution in [0.4, 0.5) is 0 Å². The first-order valence-corrected chi connectivity index (χ1v) is 7.71. The molecule has 5 heteroatoms. The first-order chi connectivity index (χ1) is 9.01. The van der Waals surface area contributed by atoms with E-state index >= 15 is 0 Å². The summed E-state index contributed by atoms with van der Waals surface area (Å²) in [5.74, 6) is -1.76. The van der Waals surface area contributed by atoms with Crippen molar-refractivity contribution in [2.75, 3.05) is 0 Å². The minimum Gasteiger partial charge on any atom is -0.481 e. The third-order valence-corrected chi connectivity index (χ3v) is 7.10. The highest BCUT2D eigenvalue weighted by Crippen LogP contribution is 2.74. The first kappa shape index (κ1) is 14.6. The van der Waals surface area contributed by atoms with Crippen LogP contribution in [0.1, 0.15) is 47.0 Å². The van der Waals surface area contributed by atoms with Gasteiger partial charge < -0.3 is 14.9 Å². The van der Waals surface area contributed by atoms with Gasteiger partial charge in [0.1, 0.15) is 5.60 Å². The minimum atomic E-state index is -1.24. The van der Waals surface area contributed by atoms with Gasteiger partial charge in [0.2, 0.25) is 0 Å². The summed E-state index contributed by atoms with van der Waals surface area (Å²) >= 11 is 6.51. The van der Waals surface area contributed by atoms with Gasteiger partial charge in [-0.3, -0.25) is 4.79 Å². The molecule has 6 atom stereocenters. The van der Waals surface area contributed by atoms with Crippen LogP contribution >= 0.6 is 11.6 Å². The second kappa shape index (κ2) is 3.71. The molecule has 2 saturated carbocycles. The van der Waals surface area contributed by atoms with Gasteiger partial charge in [-0.15, -0.1) is 11.6 Å². The summed E-state index contributed by atoms with van der Waals surface area (Å²) in [6.07, 6.45) is 1.71. The molecule has 4 nitrogen and oxygen atoms in total. The van der Waals surface area contributed by atoms with E-state index in [-0.39, 0.29) is 16.9 Å². The van der Waals surface area contributed by atoms with Crippen LogP contribution in [0.3, 0.4) is 0 Å². The summed E-state index contributed by atoms with van der Waals surface area (Å²) < 4.78 is 6.07. The third kappa shape index (κ3) is 1.38. The van der Waals surface area contributed by atoms with E-state index in [1.165, 1.54) is 0 Å². The number of aliphatic carboxylic acids is 1. The van der Waals surface area contributed by atoms with E-state index < -0.39 is 28.5 Å². The topological polar surface area (TPSA) is 70.1 Å². The van der Waals surface area contributed by atoms with Gasteiger partial charge in [-0.05, 0) is 19.8 Å². The van der Waals surface area contributed by atoms with E-state index in [1.54, 1.807) is 6.92 Å². The molecule has 3 fully saturated rings. The Bertz CT molecular complexity index is 474. The Morgan fingerprint density at radius 3 is 2.45 bits per heavy atom. The van der Waals surface area contributed by atoms with Crippen molar-refractivity contribution in [1.29, 1.82) is 0 Å². The zero-order valence-electron chi connectivity index (χ0n) is 12.4. The molecule has 0 amide bonds. The molecular weight excluding hydrogens is 280 g/mol. The Kier molecular flexibility index (Phi) is 2.71. The number of carboxylic acids is 1. The van der Waals surface area contributed by atoms with E-state index in [1.807, 2.05) is 6.92 Å². The molecule has 0 aromatic heterocycles. The normalized spacial score (nSPS) is 56.6. The molecule has 20 heavy (non-hydrogen) atoms. The van der Waals surface area contributed by atoms with Gasteiger partial charge in [-0.2, -0.15) is 0 Å². The molecule has 0 aromatic rings. The van der Waals surface area contributed by atoms with Gasteiger partial charge in [0.05, 0.1) is 17.6 Å². The maximum atomic E-state index is 11.8. The molecule has 1 aliphatic heterocycles. The molecule has 0 unspecified atom stereocenters. The Morgan fingerprint density at radius 1 is 1.30 bits per heavy atom. The summed E-state index contributed by atoms with van der Waals surface area (Å²) in [6.45, 7) is 7.73. The fourth-order valence-corrected chi connectivity index (χ4v) is 5.73. The zero-order valence-corrected chi connectivity index (χ0v) is 13.2. The average molecular weight is 303 g/mol. The number of rotatable bonds is 1. The van der Waals surface area contributed by atoms with Crippen molar-refractivity contribution >= 4 is 17.6 Å². The quantitative estimate of drug-likeness (QED) is 0.576. The van der Waals surface area contributed by atoms with Gasteiger partial charge in [0, 0.05) is 22.6 Å². The molecule has 3 aliphatic rings. The van der Waals surface area contributed by atoms with Crippen LogP contribution in [0.5, 0.6) is 0 Å². The molecule has 0 radical (unpaired) electrons. The lowest BCUT2D eigenvalue weighted by atomic mass is 9.45. The Morgan fingerprint density at radius 2 is 1.90 bits per heavy atom. The van der Waals surface area contributed by atoms with Crippen molar-refractivity contribution in [2.45, 2.75) is 69.6 Å². The van der Waals surface area contributed by atoms with Crippen LogP contribution < -0.4 is 0 Å². The molecule has 1 spiro atoms. The Hall–Kier alpha value is -0.320. The highest BCUT2D eigenvalue weighted by molar-refractivity contribution is 6.21. The van der Waals surface area contributed by atoms with Gasteiger partial charge in [0.25, 0.3) is 0 Å². The average Bonchev–Trinajstić information content (AvgIpc) is 2.98. The summed E-state index contributed by atoms with van der Waals surface area (Å²) in [5, 5.41) is 20.3. The van der Waals surface area contributed by atoms with Crippen molar-refractivity contribution < 1.29 is 19.7 Å². The molecular formula is C15H23ClO4. The highest BCUT2D eigenvalue weighted by Gasteiger charge is 2.83. The number of hydrogen-bond donors (Lipinski definition) is 2. The molecule has 0 bridgehead atoms. The van der Waals surface area contributed by atoms with Gasteiger partial charge in [0.15, 0.2) is 0 Å². The van der Waals surface area contributed by atoms with E-state index in [4.69, 9.17) is 16.3 Å². The van der Waals surface area contributed by atoms with Crippen molar-refractivity contribution in [2.24, 2.45) is 16.7 Å². The Balaban J connectivity index is 2.14. The molecule has 114 valence electrons.